The summed E-state index contributed by atoms with van der Waals surface area (Å²) < 4.78 is 1.56. The molecule has 1 saturated carbocycles. The first-order valence-corrected chi connectivity index (χ1v) is 7.88. The first-order valence-electron chi connectivity index (χ1n) is 6.04. The summed E-state index contributed by atoms with van der Waals surface area (Å²) in [5.74, 6) is 0. The first-order chi connectivity index (χ1) is 7.83. The molecule has 0 spiro atoms. The van der Waals surface area contributed by atoms with E-state index in [2.05, 4.69) is 41.4 Å². The number of nitrogens with one attached hydrogen (secondary N) is 1. The Morgan fingerprint density at radius 1 is 1.38 bits per heavy atom. The van der Waals surface area contributed by atoms with Gasteiger partial charge in [-0.05, 0) is 0 Å². The number of fused-ring (bicyclic) bond motifs is 1. The van der Waals surface area contributed by atoms with Crippen LogP contribution in [-0.4, -0.2) is 26.6 Å². The molecule has 3 rings (SSSR count). The molecule has 84 valence electrons. The van der Waals surface area contributed by atoms with Crippen LogP contribution >= 0.6 is 0 Å². The van der Waals surface area contributed by atoms with Crippen LogP contribution in [0, 0.1) is 0 Å². The van der Waals surface area contributed by atoms with Gasteiger partial charge in [-0.1, -0.05) is 0 Å². The second-order valence-corrected chi connectivity index (χ2v) is 6.72. The molecule has 0 saturated heterocycles. The molecule has 1 N–H and O–H groups in total. The van der Waals surface area contributed by atoms with E-state index in [-0.39, 0.29) is 0 Å². The van der Waals surface area contributed by atoms with Gasteiger partial charge in [-0.15, -0.1) is 0 Å². The van der Waals surface area contributed by atoms with E-state index in [0.717, 1.165) is 6.04 Å². The summed E-state index contributed by atoms with van der Waals surface area (Å²) in [5.41, 5.74) is 1.57. The van der Waals surface area contributed by atoms with Gasteiger partial charge in [0.25, 0.3) is 0 Å². The standard InChI is InChI=1S/C14H17NSe/c1-10(15-12-6-7-12)8-11-9-16-14-5-3-2-4-13(11)14/h2-5,9-10,12,15H,6-8H2,1H3. The molecule has 0 bridgehead atoms. The molecule has 1 heterocycles. The quantitative estimate of drug-likeness (QED) is 0.848. The van der Waals surface area contributed by atoms with Gasteiger partial charge in [-0.2, -0.15) is 0 Å². The fourth-order valence-corrected chi connectivity index (χ4v) is 4.28. The van der Waals surface area contributed by atoms with Gasteiger partial charge in [0.2, 0.25) is 0 Å². The zero-order valence-electron chi connectivity index (χ0n) is 9.57. The van der Waals surface area contributed by atoms with Crippen molar-refractivity contribution in [3.63, 3.8) is 0 Å². The van der Waals surface area contributed by atoms with Gasteiger partial charge in [0, 0.05) is 0 Å². The molecule has 1 aromatic heterocycles. The summed E-state index contributed by atoms with van der Waals surface area (Å²) in [6, 6.07) is 10.3. The van der Waals surface area contributed by atoms with E-state index in [1.54, 1.807) is 9.82 Å². The SMILES string of the molecule is CC(Cc1c[se]c2ccccc12)NC1CC1. The van der Waals surface area contributed by atoms with Crippen molar-refractivity contribution in [2.75, 3.05) is 0 Å². The molecule has 2 aromatic rings. The molecule has 1 aliphatic rings. The van der Waals surface area contributed by atoms with Gasteiger partial charge in [0.15, 0.2) is 0 Å². The molecule has 0 aliphatic heterocycles. The van der Waals surface area contributed by atoms with Crippen molar-refractivity contribution in [3.8, 4) is 0 Å². The van der Waals surface area contributed by atoms with Crippen molar-refractivity contribution < 1.29 is 0 Å². The van der Waals surface area contributed by atoms with Crippen LogP contribution in [0.4, 0.5) is 0 Å². The average molecular weight is 278 g/mol. The van der Waals surface area contributed by atoms with Crippen molar-refractivity contribution in [1.29, 1.82) is 0 Å². The average Bonchev–Trinajstić information content (AvgIpc) is 3.00. The van der Waals surface area contributed by atoms with E-state index >= 15 is 0 Å². The van der Waals surface area contributed by atoms with Crippen LogP contribution in [-0.2, 0) is 6.42 Å². The zero-order valence-corrected chi connectivity index (χ0v) is 11.3. The van der Waals surface area contributed by atoms with Gasteiger partial charge in [0.05, 0.1) is 0 Å². The van der Waals surface area contributed by atoms with Crippen LogP contribution in [0.1, 0.15) is 25.3 Å². The van der Waals surface area contributed by atoms with Crippen LogP contribution < -0.4 is 5.32 Å². The molecule has 0 amide bonds. The molecule has 1 unspecified atom stereocenters. The molecule has 1 fully saturated rings. The molecule has 1 atom stereocenters. The van der Waals surface area contributed by atoms with Crippen molar-refractivity contribution >= 4 is 24.1 Å². The minimum absolute atomic E-state index is 0.575. The maximum atomic E-state index is 3.68. The second-order valence-electron chi connectivity index (χ2n) is 4.80. The second kappa shape index (κ2) is 4.37. The Morgan fingerprint density at radius 3 is 3.00 bits per heavy atom. The van der Waals surface area contributed by atoms with E-state index < -0.39 is 0 Å². The molecule has 1 nitrogen and oxygen atoms in total. The predicted molar refractivity (Wildman–Crippen MR) is 70.2 cm³/mol. The number of benzene rings is 1. The molecule has 1 aliphatic carbocycles. The van der Waals surface area contributed by atoms with Gasteiger partial charge in [0.1, 0.15) is 0 Å². The third-order valence-electron chi connectivity index (χ3n) is 3.18. The number of rotatable bonds is 4. The van der Waals surface area contributed by atoms with Crippen LogP contribution in [0.25, 0.3) is 9.65 Å². The monoisotopic (exact) mass is 279 g/mol. The van der Waals surface area contributed by atoms with E-state index in [1.165, 1.54) is 24.6 Å². The van der Waals surface area contributed by atoms with Gasteiger partial charge in [-0.25, -0.2) is 0 Å². The normalized spacial score (nSPS) is 17.8. The van der Waals surface area contributed by atoms with E-state index in [4.69, 9.17) is 0 Å². The van der Waals surface area contributed by atoms with Crippen molar-refractivity contribution in [2.45, 2.75) is 38.3 Å². The van der Waals surface area contributed by atoms with Gasteiger partial charge >= 0.3 is 103 Å². The molecular formula is C14H17NSe. The Morgan fingerprint density at radius 2 is 2.19 bits per heavy atom. The minimum atomic E-state index is 0.575. The molecule has 2 heteroatoms. The summed E-state index contributed by atoms with van der Waals surface area (Å²) in [4.78, 5) is 2.46. The molecule has 16 heavy (non-hydrogen) atoms. The van der Waals surface area contributed by atoms with Crippen LogP contribution in [0.15, 0.2) is 29.2 Å². The third-order valence-corrected chi connectivity index (χ3v) is 5.31. The van der Waals surface area contributed by atoms with Gasteiger partial charge < -0.3 is 0 Å². The topological polar surface area (TPSA) is 12.0 Å². The van der Waals surface area contributed by atoms with E-state index in [0.29, 0.717) is 20.5 Å². The van der Waals surface area contributed by atoms with Crippen LogP contribution in [0.2, 0.25) is 0 Å². The third kappa shape index (κ3) is 2.24. The fourth-order valence-electron chi connectivity index (χ4n) is 2.23. The van der Waals surface area contributed by atoms with Crippen molar-refractivity contribution in [3.05, 3.63) is 34.8 Å². The summed E-state index contributed by atoms with van der Waals surface area (Å²) in [7, 11) is 0. The summed E-state index contributed by atoms with van der Waals surface area (Å²) >= 11 is 0.575. The van der Waals surface area contributed by atoms with Crippen molar-refractivity contribution in [1.82, 2.24) is 5.32 Å². The number of hydrogen-bond donors (Lipinski definition) is 1. The number of hydrogen-bond acceptors (Lipinski definition) is 1. The predicted octanol–water partition coefficient (Wildman–Crippen LogP) is 2.58. The molecule has 0 radical (unpaired) electrons. The van der Waals surface area contributed by atoms with Gasteiger partial charge in [-0.3, -0.25) is 0 Å². The zero-order chi connectivity index (χ0) is 11.0. The summed E-state index contributed by atoms with van der Waals surface area (Å²) in [6.45, 7) is 2.31. The Kier molecular flexibility index (Phi) is 2.89. The van der Waals surface area contributed by atoms with Crippen LogP contribution in [0.3, 0.4) is 0 Å². The summed E-state index contributed by atoms with van der Waals surface area (Å²) in [6.07, 6.45) is 3.95. The Labute approximate surface area is 103 Å². The maximum absolute atomic E-state index is 3.68. The molecule has 1 aromatic carbocycles. The molecular weight excluding hydrogens is 261 g/mol. The summed E-state index contributed by atoms with van der Waals surface area (Å²) in [5, 5.41) is 5.18. The Balaban J connectivity index is 1.77. The van der Waals surface area contributed by atoms with E-state index in [9.17, 15) is 0 Å². The van der Waals surface area contributed by atoms with E-state index in [1.807, 2.05) is 0 Å². The first kappa shape index (κ1) is 10.6. The van der Waals surface area contributed by atoms with Crippen molar-refractivity contribution in [2.24, 2.45) is 0 Å². The van der Waals surface area contributed by atoms with Crippen LogP contribution in [0.5, 0.6) is 0 Å². The Hall–Kier alpha value is -0.561. The fraction of sp³-hybridized carbons (Fsp3) is 0.429. The Bertz CT molecular complexity index is 484.